The number of sulfonamides is 1. The second-order valence-electron chi connectivity index (χ2n) is 7.54. The average Bonchev–Trinajstić information content (AvgIpc) is 2.87. The molecule has 9 nitrogen and oxygen atoms in total. The largest absolute Gasteiger partial charge is 0.493 e. The minimum Gasteiger partial charge on any atom is -0.493 e. The van der Waals surface area contributed by atoms with Crippen molar-refractivity contribution in [2.24, 2.45) is 0 Å². The molecule has 184 valence electrons. The topological polar surface area (TPSA) is 120 Å². The van der Waals surface area contributed by atoms with Crippen molar-refractivity contribution in [3.8, 4) is 11.5 Å². The van der Waals surface area contributed by atoms with Gasteiger partial charge in [0.15, 0.2) is 18.1 Å². The minimum absolute atomic E-state index is 0.0118. The van der Waals surface area contributed by atoms with Gasteiger partial charge in [-0.2, -0.15) is 0 Å². The fourth-order valence-electron chi connectivity index (χ4n) is 3.06. The molecule has 3 aromatic rings. The number of carbonyl (C=O) groups excluding carboxylic acids is 2. The smallest absolute Gasteiger partial charge is 0.338 e. The summed E-state index contributed by atoms with van der Waals surface area (Å²) in [5.41, 5.74) is 2.33. The molecule has 0 unspecified atom stereocenters. The van der Waals surface area contributed by atoms with E-state index in [1.165, 1.54) is 38.5 Å². The van der Waals surface area contributed by atoms with Gasteiger partial charge in [-0.25, -0.2) is 13.2 Å². The van der Waals surface area contributed by atoms with Gasteiger partial charge in [0.1, 0.15) is 0 Å². The third-order valence-corrected chi connectivity index (χ3v) is 6.37. The molecule has 3 aromatic carbocycles. The maximum atomic E-state index is 12.6. The van der Waals surface area contributed by atoms with Crippen LogP contribution in [-0.4, -0.2) is 41.1 Å². The van der Waals surface area contributed by atoms with E-state index in [1.807, 2.05) is 6.92 Å². The molecule has 0 fully saturated rings. The van der Waals surface area contributed by atoms with E-state index in [9.17, 15) is 18.0 Å². The Bertz CT molecular complexity index is 1290. The van der Waals surface area contributed by atoms with Crippen LogP contribution >= 0.6 is 0 Å². The molecular formula is C25H26N2O7S. The third-order valence-electron chi connectivity index (χ3n) is 4.98. The van der Waals surface area contributed by atoms with Gasteiger partial charge in [-0.15, -0.1) is 0 Å². The van der Waals surface area contributed by atoms with Crippen molar-refractivity contribution in [2.75, 3.05) is 25.5 Å². The summed E-state index contributed by atoms with van der Waals surface area (Å²) in [4.78, 5) is 24.3. The predicted octanol–water partition coefficient (Wildman–Crippen LogP) is 3.29. The Morgan fingerprint density at radius 1 is 0.857 bits per heavy atom. The van der Waals surface area contributed by atoms with Gasteiger partial charge in [0.25, 0.3) is 15.9 Å². The van der Waals surface area contributed by atoms with Gasteiger partial charge in [0.05, 0.1) is 24.7 Å². The number of anilines is 1. The van der Waals surface area contributed by atoms with Gasteiger partial charge < -0.3 is 19.5 Å². The lowest BCUT2D eigenvalue weighted by Crippen LogP contribution is -2.28. The van der Waals surface area contributed by atoms with Crippen LogP contribution in [0.25, 0.3) is 0 Å². The highest BCUT2D eigenvalue weighted by Crippen LogP contribution is 2.27. The van der Waals surface area contributed by atoms with E-state index >= 15 is 0 Å². The average molecular weight is 499 g/mol. The van der Waals surface area contributed by atoms with Crippen molar-refractivity contribution in [3.63, 3.8) is 0 Å². The highest BCUT2D eigenvalue weighted by Gasteiger charge is 2.16. The number of hydrogen-bond acceptors (Lipinski definition) is 7. The molecule has 35 heavy (non-hydrogen) atoms. The molecule has 2 N–H and O–H groups in total. The molecule has 0 aliphatic heterocycles. The predicted molar refractivity (Wildman–Crippen MR) is 130 cm³/mol. The first kappa shape index (κ1) is 25.6. The highest BCUT2D eigenvalue weighted by atomic mass is 32.2. The molecule has 0 spiro atoms. The maximum absolute atomic E-state index is 12.6. The summed E-state index contributed by atoms with van der Waals surface area (Å²) in [5.74, 6) is -0.136. The fourth-order valence-corrected chi connectivity index (χ4v) is 4.12. The van der Waals surface area contributed by atoms with E-state index < -0.39 is 28.5 Å². The molecule has 1 amide bonds. The summed E-state index contributed by atoms with van der Waals surface area (Å²) >= 11 is 0. The van der Waals surface area contributed by atoms with Crippen LogP contribution in [0.15, 0.2) is 71.6 Å². The number of nitrogens with one attached hydrogen (secondary N) is 2. The highest BCUT2D eigenvalue weighted by molar-refractivity contribution is 7.92. The minimum atomic E-state index is -3.82. The van der Waals surface area contributed by atoms with Gasteiger partial charge in [0.2, 0.25) is 0 Å². The van der Waals surface area contributed by atoms with Crippen molar-refractivity contribution in [1.29, 1.82) is 0 Å². The number of aryl methyl sites for hydroxylation is 1. The number of carbonyl (C=O) groups is 2. The molecule has 0 atom stereocenters. The molecule has 0 aromatic heterocycles. The van der Waals surface area contributed by atoms with Gasteiger partial charge in [-0.3, -0.25) is 9.52 Å². The zero-order valence-electron chi connectivity index (χ0n) is 19.5. The molecule has 0 radical (unpaired) electrons. The van der Waals surface area contributed by atoms with E-state index in [1.54, 1.807) is 42.5 Å². The van der Waals surface area contributed by atoms with E-state index in [-0.39, 0.29) is 17.0 Å². The SMILES string of the molecule is COc1ccc(CNC(=O)COC(=O)c2ccc(S(=O)(=O)Nc3ccc(C)cc3)cc2)cc1OC. The Labute approximate surface area is 204 Å². The van der Waals surface area contributed by atoms with Crippen LogP contribution in [0, 0.1) is 6.92 Å². The van der Waals surface area contributed by atoms with Crippen molar-refractivity contribution >= 4 is 27.6 Å². The Hall–Kier alpha value is -4.05. The van der Waals surface area contributed by atoms with Crippen LogP contribution in [0.3, 0.4) is 0 Å². The number of rotatable bonds is 10. The van der Waals surface area contributed by atoms with Crippen LogP contribution in [0.4, 0.5) is 5.69 Å². The lowest BCUT2D eigenvalue weighted by Gasteiger charge is -2.11. The first-order valence-electron chi connectivity index (χ1n) is 10.6. The quantitative estimate of drug-likeness (QED) is 0.412. The van der Waals surface area contributed by atoms with Gasteiger partial charge in [0, 0.05) is 12.2 Å². The molecule has 0 saturated heterocycles. The fraction of sp³-hybridized carbons (Fsp3) is 0.200. The molecule has 0 saturated carbocycles. The summed E-state index contributed by atoms with van der Waals surface area (Å²) in [6, 6.07) is 17.4. The number of hydrogen-bond donors (Lipinski definition) is 2. The van der Waals surface area contributed by atoms with Crippen LogP contribution in [0.5, 0.6) is 11.5 Å². The van der Waals surface area contributed by atoms with E-state index in [0.717, 1.165) is 11.1 Å². The lowest BCUT2D eigenvalue weighted by atomic mass is 10.2. The normalized spacial score (nSPS) is 10.8. The summed E-state index contributed by atoms with van der Waals surface area (Å²) < 4.78 is 43.0. The number of ether oxygens (including phenoxy) is 3. The van der Waals surface area contributed by atoms with Crippen LogP contribution in [0.2, 0.25) is 0 Å². The van der Waals surface area contributed by atoms with Crippen LogP contribution in [-0.2, 0) is 26.1 Å². The van der Waals surface area contributed by atoms with Crippen molar-refractivity contribution in [1.82, 2.24) is 5.32 Å². The summed E-state index contributed by atoms with van der Waals surface area (Å²) in [7, 11) is -0.774. The van der Waals surface area contributed by atoms with E-state index in [4.69, 9.17) is 14.2 Å². The molecular weight excluding hydrogens is 472 g/mol. The lowest BCUT2D eigenvalue weighted by molar-refractivity contribution is -0.124. The molecule has 0 bridgehead atoms. The summed E-state index contributed by atoms with van der Waals surface area (Å²) in [6.45, 7) is 1.62. The zero-order valence-corrected chi connectivity index (χ0v) is 20.3. The molecule has 3 rings (SSSR count). The maximum Gasteiger partial charge on any atom is 0.338 e. The molecule has 0 heterocycles. The molecule has 0 aliphatic carbocycles. The van der Waals surface area contributed by atoms with Gasteiger partial charge >= 0.3 is 5.97 Å². The van der Waals surface area contributed by atoms with Crippen molar-refractivity contribution in [2.45, 2.75) is 18.4 Å². The second kappa shape index (κ2) is 11.4. The third kappa shape index (κ3) is 6.97. The first-order valence-corrected chi connectivity index (χ1v) is 12.0. The number of methoxy groups -OCH3 is 2. The number of esters is 1. The van der Waals surface area contributed by atoms with Crippen LogP contribution < -0.4 is 19.5 Å². The van der Waals surface area contributed by atoms with Gasteiger partial charge in [-0.05, 0) is 61.0 Å². The van der Waals surface area contributed by atoms with Crippen molar-refractivity contribution in [3.05, 3.63) is 83.4 Å². The first-order chi connectivity index (χ1) is 16.7. The second-order valence-corrected chi connectivity index (χ2v) is 9.22. The Morgan fingerprint density at radius 2 is 1.51 bits per heavy atom. The monoisotopic (exact) mass is 498 g/mol. The van der Waals surface area contributed by atoms with E-state index in [2.05, 4.69) is 10.0 Å². The standard InChI is InChI=1S/C25H26N2O7S/c1-17-4-9-20(10-5-17)27-35(30,31)21-11-7-19(8-12-21)25(29)34-16-24(28)26-15-18-6-13-22(32-2)23(14-18)33-3/h4-14,27H,15-16H2,1-3H3,(H,26,28). The van der Waals surface area contributed by atoms with Gasteiger partial charge in [-0.1, -0.05) is 23.8 Å². The molecule has 10 heteroatoms. The Kier molecular flexibility index (Phi) is 8.32. The van der Waals surface area contributed by atoms with Crippen molar-refractivity contribution < 1.29 is 32.2 Å². The van der Waals surface area contributed by atoms with E-state index in [0.29, 0.717) is 17.2 Å². The summed E-state index contributed by atoms with van der Waals surface area (Å²) in [6.07, 6.45) is 0. The number of amides is 1. The molecule has 0 aliphatic rings. The number of benzene rings is 3. The zero-order chi connectivity index (χ0) is 25.4. The van der Waals surface area contributed by atoms with Crippen LogP contribution in [0.1, 0.15) is 21.5 Å². The summed E-state index contributed by atoms with van der Waals surface area (Å²) in [5, 5.41) is 2.65. The Morgan fingerprint density at radius 3 is 2.14 bits per heavy atom. The Balaban J connectivity index is 1.52.